The Labute approximate surface area is 124 Å². The molecule has 0 aromatic heterocycles. The number of hydrogen-bond donors (Lipinski definition) is 1. The fraction of sp³-hybridized carbons (Fsp3) is 0.158. The van der Waals surface area contributed by atoms with E-state index in [4.69, 9.17) is 0 Å². The lowest BCUT2D eigenvalue weighted by atomic mass is 9.96. The molecule has 0 bridgehead atoms. The van der Waals surface area contributed by atoms with Gasteiger partial charge in [-0.3, -0.25) is 0 Å². The molecule has 0 saturated carbocycles. The van der Waals surface area contributed by atoms with Crippen LogP contribution in [-0.4, -0.2) is 7.05 Å². The molecule has 3 aromatic carbocycles. The van der Waals surface area contributed by atoms with Crippen LogP contribution < -0.4 is 5.32 Å². The van der Waals surface area contributed by atoms with E-state index in [0.29, 0.717) is 0 Å². The van der Waals surface area contributed by atoms with Gasteiger partial charge in [0.2, 0.25) is 0 Å². The second kappa shape index (κ2) is 6.06. The van der Waals surface area contributed by atoms with Crippen molar-refractivity contribution in [3.05, 3.63) is 83.7 Å². The number of rotatable bonds is 4. The highest BCUT2D eigenvalue weighted by atomic mass is 19.1. The second-order valence-electron chi connectivity index (χ2n) is 5.28. The molecular formula is C19H18FN. The van der Waals surface area contributed by atoms with Crippen LogP contribution in [0, 0.1) is 5.82 Å². The van der Waals surface area contributed by atoms with Crippen LogP contribution in [0.3, 0.4) is 0 Å². The van der Waals surface area contributed by atoms with Crippen LogP contribution in [0.4, 0.5) is 4.39 Å². The van der Waals surface area contributed by atoms with Crippen molar-refractivity contribution in [2.45, 2.75) is 12.5 Å². The van der Waals surface area contributed by atoms with Gasteiger partial charge in [0.25, 0.3) is 0 Å². The first-order valence-electron chi connectivity index (χ1n) is 7.16. The monoisotopic (exact) mass is 279 g/mol. The number of likely N-dealkylation sites (N-methyl/N-ethyl adjacent to an activating group) is 1. The molecule has 1 N–H and O–H groups in total. The molecule has 0 aliphatic rings. The highest BCUT2D eigenvalue weighted by molar-refractivity contribution is 5.83. The lowest BCUT2D eigenvalue weighted by Gasteiger charge is -2.17. The summed E-state index contributed by atoms with van der Waals surface area (Å²) in [7, 11) is 1.94. The van der Waals surface area contributed by atoms with E-state index in [1.54, 1.807) is 12.1 Å². The first-order chi connectivity index (χ1) is 10.3. The number of nitrogens with one attached hydrogen (secondary N) is 1. The van der Waals surface area contributed by atoms with E-state index in [2.05, 4.69) is 35.6 Å². The first kappa shape index (κ1) is 13.8. The molecule has 0 saturated heterocycles. The van der Waals surface area contributed by atoms with Crippen molar-refractivity contribution in [3.8, 4) is 0 Å². The second-order valence-corrected chi connectivity index (χ2v) is 5.28. The molecule has 0 fully saturated rings. The Hall–Kier alpha value is -2.19. The van der Waals surface area contributed by atoms with Crippen LogP contribution in [0.2, 0.25) is 0 Å². The number of hydrogen-bond acceptors (Lipinski definition) is 1. The largest absolute Gasteiger partial charge is 0.313 e. The minimum absolute atomic E-state index is 0.177. The molecule has 2 heteroatoms. The Morgan fingerprint density at radius 2 is 1.71 bits per heavy atom. The van der Waals surface area contributed by atoms with E-state index in [1.807, 2.05) is 25.2 Å². The lowest BCUT2D eigenvalue weighted by molar-refractivity contribution is 0.584. The predicted octanol–water partition coefficient (Wildman–Crippen LogP) is 4.48. The highest BCUT2D eigenvalue weighted by Gasteiger charge is 2.11. The van der Waals surface area contributed by atoms with Crippen LogP contribution in [0.15, 0.2) is 66.7 Å². The molecule has 0 radical (unpaired) electrons. The van der Waals surface area contributed by atoms with E-state index in [-0.39, 0.29) is 11.9 Å². The van der Waals surface area contributed by atoms with E-state index in [1.165, 1.54) is 22.4 Å². The van der Waals surface area contributed by atoms with Crippen LogP contribution in [0.5, 0.6) is 0 Å². The molecule has 3 aromatic rings. The molecule has 106 valence electrons. The molecule has 0 spiro atoms. The van der Waals surface area contributed by atoms with Crippen molar-refractivity contribution in [1.82, 2.24) is 5.32 Å². The van der Waals surface area contributed by atoms with E-state index in [0.717, 1.165) is 12.0 Å². The molecule has 21 heavy (non-hydrogen) atoms. The third kappa shape index (κ3) is 3.11. The average molecular weight is 279 g/mol. The number of halogens is 1. The van der Waals surface area contributed by atoms with Crippen molar-refractivity contribution >= 4 is 10.8 Å². The maximum absolute atomic E-state index is 13.3. The van der Waals surface area contributed by atoms with Gasteiger partial charge in [-0.1, -0.05) is 48.5 Å². The van der Waals surface area contributed by atoms with E-state index >= 15 is 0 Å². The van der Waals surface area contributed by atoms with Gasteiger partial charge < -0.3 is 5.32 Å². The first-order valence-corrected chi connectivity index (χ1v) is 7.16. The van der Waals surface area contributed by atoms with Gasteiger partial charge in [-0.05, 0) is 53.6 Å². The minimum atomic E-state index is -0.180. The van der Waals surface area contributed by atoms with Crippen LogP contribution >= 0.6 is 0 Å². The summed E-state index contributed by atoms with van der Waals surface area (Å²) in [6.07, 6.45) is 0.770. The van der Waals surface area contributed by atoms with Gasteiger partial charge in [-0.2, -0.15) is 0 Å². The van der Waals surface area contributed by atoms with Gasteiger partial charge in [0.05, 0.1) is 0 Å². The topological polar surface area (TPSA) is 12.0 Å². The molecule has 1 unspecified atom stereocenters. The van der Waals surface area contributed by atoms with Crippen molar-refractivity contribution in [1.29, 1.82) is 0 Å². The van der Waals surface area contributed by atoms with E-state index < -0.39 is 0 Å². The summed E-state index contributed by atoms with van der Waals surface area (Å²) in [5, 5.41) is 5.80. The SMILES string of the molecule is CNC(Cc1cccc(F)c1)c1ccc2ccccc2c1. The van der Waals surface area contributed by atoms with Crippen molar-refractivity contribution in [2.75, 3.05) is 7.05 Å². The molecule has 1 atom stereocenters. The summed E-state index contributed by atoms with van der Waals surface area (Å²) >= 11 is 0. The predicted molar refractivity (Wildman–Crippen MR) is 85.9 cm³/mol. The quantitative estimate of drug-likeness (QED) is 0.742. The Morgan fingerprint density at radius 3 is 2.48 bits per heavy atom. The third-order valence-electron chi connectivity index (χ3n) is 3.85. The fourth-order valence-corrected chi connectivity index (χ4v) is 2.71. The summed E-state index contributed by atoms with van der Waals surface area (Å²) in [6.45, 7) is 0. The minimum Gasteiger partial charge on any atom is -0.313 e. The smallest absolute Gasteiger partial charge is 0.123 e. The summed E-state index contributed by atoms with van der Waals surface area (Å²) < 4.78 is 13.3. The van der Waals surface area contributed by atoms with Crippen LogP contribution in [-0.2, 0) is 6.42 Å². The molecule has 0 amide bonds. The lowest BCUT2D eigenvalue weighted by Crippen LogP contribution is -2.18. The molecule has 0 aliphatic heterocycles. The number of benzene rings is 3. The Balaban J connectivity index is 1.90. The zero-order valence-electron chi connectivity index (χ0n) is 12.0. The Kier molecular flexibility index (Phi) is 3.98. The van der Waals surface area contributed by atoms with Crippen LogP contribution in [0.1, 0.15) is 17.2 Å². The Bertz CT molecular complexity index is 751. The molecule has 3 rings (SSSR count). The summed E-state index contributed by atoms with van der Waals surface area (Å²) in [4.78, 5) is 0. The van der Waals surface area contributed by atoms with Gasteiger partial charge in [-0.15, -0.1) is 0 Å². The van der Waals surface area contributed by atoms with Crippen LogP contribution in [0.25, 0.3) is 10.8 Å². The standard InChI is InChI=1S/C19H18FN/c1-21-19(12-14-5-4-8-18(20)11-14)17-10-9-15-6-2-3-7-16(15)13-17/h2-11,13,19,21H,12H2,1H3. The zero-order chi connectivity index (χ0) is 14.7. The summed E-state index contributed by atoms with van der Waals surface area (Å²) in [5.41, 5.74) is 2.22. The molecule has 1 nitrogen and oxygen atoms in total. The normalized spacial score (nSPS) is 12.5. The van der Waals surface area contributed by atoms with Gasteiger partial charge in [0.15, 0.2) is 0 Å². The summed E-state index contributed by atoms with van der Waals surface area (Å²) in [5.74, 6) is -0.180. The molecular weight excluding hydrogens is 261 g/mol. The van der Waals surface area contributed by atoms with Gasteiger partial charge in [0.1, 0.15) is 5.82 Å². The van der Waals surface area contributed by atoms with Crippen molar-refractivity contribution < 1.29 is 4.39 Å². The zero-order valence-corrected chi connectivity index (χ0v) is 12.0. The van der Waals surface area contributed by atoms with Crippen molar-refractivity contribution in [2.24, 2.45) is 0 Å². The van der Waals surface area contributed by atoms with E-state index in [9.17, 15) is 4.39 Å². The fourth-order valence-electron chi connectivity index (χ4n) is 2.71. The van der Waals surface area contributed by atoms with Gasteiger partial charge in [0, 0.05) is 6.04 Å². The Morgan fingerprint density at radius 1 is 0.905 bits per heavy atom. The number of fused-ring (bicyclic) bond motifs is 1. The van der Waals surface area contributed by atoms with Gasteiger partial charge >= 0.3 is 0 Å². The van der Waals surface area contributed by atoms with Crippen molar-refractivity contribution in [3.63, 3.8) is 0 Å². The summed E-state index contributed by atoms with van der Waals surface area (Å²) in [6, 6.07) is 21.8. The molecule has 0 aliphatic carbocycles. The maximum atomic E-state index is 13.3. The third-order valence-corrected chi connectivity index (χ3v) is 3.85. The highest BCUT2D eigenvalue weighted by Crippen LogP contribution is 2.23. The average Bonchev–Trinajstić information content (AvgIpc) is 2.52. The van der Waals surface area contributed by atoms with Gasteiger partial charge in [-0.25, -0.2) is 4.39 Å². The molecule has 0 heterocycles. The maximum Gasteiger partial charge on any atom is 0.123 e.